The molecule has 0 spiro atoms. The molecule has 0 amide bonds. The second-order valence-electron chi connectivity index (χ2n) is 5.90. The van der Waals surface area contributed by atoms with Crippen molar-refractivity contribution in [2.24, 2.45) is 0 Å². The van der Waals surface area contributed by atoms with Gasteiger partial charge in [0.1, 0.15) is 5.82 Å². The highest BCUT2D eigenvalue weighted by molar-refractivity contribution is 9.10. The summed E-state index contributed by atoms with van der Waals surface area (Å²) in [6, 6.07) is 6.14. The maximum atomic E-state index is 12.0. The molecule has 0 aliphatic heterocycles. The predicted octanol–water partition coefficient (Wildman–Crippen LogP) is 4.14. The highest BCUT2D eigenvalue weighted by atomic mass is 79.9. The SMILES string of the molecule is CCCCc1nc(C(=O)OCC)nn1Cc1ccc(Br)c(COCC)c1. The monoisotopic (exact) mass is 423 g/mol. The molecule has 7 heteroatoms. The Morgan fingerprint density at radius 1 is 1.23 bits per heavy atom. The average molecular weight is 424 g/mol. The number of unbranched alkanes of at least 4 members (excludes halogenated alkanes) is 1. The molecule has 0 saturated heterocycles. The van der Waals surface area contributed by atoms with Crippen LogP contribution >= 0.6 is 15.9 Å². The maximum absolute atomic E-state index is 12.0. The highest BCUT2D eigenvalue weighted by Crippen LogP contribution is 2.20. The number of aryl methyl sites for hydroxylation is 1. The van der Waals surface area contributed by atoms with Crippen LogP contribution in [0.1, 0.15) is 61.2 Å². The Kier molecular flexibility index (Phi) is 8.25. The summed E-state index contributed by atoms with van der Waals surface area (Å²) in [6.45, 7) is 7.96. The molecule has 0 bridgehead atoms. The quantitative estimate of drug-likeness (QED) is 0.537. The molecule has 0 saturated carbocycles. The topological polar surface area (TPSA) is 66.2 Å². The third-order valence-electron chi connectivity index (χ3n) is 3.86. The minimum atomic E-state index is -0.475. The van der Waals surface area contributed by atoms with Gasteiger partial charge < -0.3 is 9.47 Å². The van der Waals surface area contributed by atoms with E-state index in [0.717, 1.165) is 40.7 Å². The smallest absolute Gasteiger partial charge is 0.378 e. The summed E-state index contributed by atoms with van der Waals surface area (Å²) in [7, 11) is 0. The fraction of sp³-hybridized carbons (Fsp3) is 0.526. The van der Waals surface area contributed by atoms with E-state index < -0.39 is 5.97 Å². The van der Waals surface area contributed by atoms with E-state index in [9.17, 15) is 4.79 Å². The summed E-state index contributed by atoms with van der Waals surface area (Å²) >= 11 is 3.56. The maximum Gasteiger partial charge on any atom is 0.378 e. The number of benzene rings is 1. The van der Waals surface area contributed by atoms with Gasteiger partial charge in [0.05, 0.1) is 19.8 Å². The van der Waals surface area contributed by atoms with Crippen LogP contribution in [0.3, 0.4) is 0 Å². The van der Waals surface area contributed by atoms with Gasteiger partial charge in [-0.1, -0.05) is 41.4 Å². The second-order valence-corrected chi connectivity index (χ2v) is 6.75. The van der Waals surface area contributed by atoms with E-state index >= 15 is 0 Å². The number of halogens is 1. The fourth-order valence-electron chi connectivity index (χ4n) is 2.52. The Morgan fingerprint density at radius 3 is 2.73 bits per heavy atom. The van der Waals surface area contributed by atoms with E-state index in [1.54, 1.807) is 11.6 Å². The second kappa shape index (κ2) is 10.4. The molecule has 142 valence electrons. The summed E-state index contributed by atoms with van der Waals surface area (Å²) < 4.78 is 13.4. The van der Waals surface area contributed by atoms with Gasteiger partial charge in [-0.25, -0.2) is 14.5 Å². The van der Waals surface area contributed by atoms with E-state index in [0.29, 0.717) is 26.4 Å². The van der Waals surface area contributed by atoms with Crippen LogP contribution in [0.15, 0.2) is 22.7 Å². The first-order chi connectivity index (χ1) is 12.6. The molecule has 6 nitrogen and oxygen atoms in total. The summed E-state index contributed by atoms with van der Waals surface area (Å²) in [6.07, 6.45) is 2.83. The summed E-state index contributed by atoms with van der Waals surface area (Å²) in [4.78, 5) is 16.4. The van der Waals surface area contributed by atoms with Crippen molar-refractivity contribution in [2.45, 2.75) is 53.2 Å². The Balaban J connectivity index is 2.24. The van der Waals surface area contributed by atoms with Gasteiger partial charge in [0.15, 0.2) is 0 Å². The zero-order chi connectivity index (χ0) is 18.9. The van der Waals surface area contributed by atoms with Gasteiger partial charge in [-0.3, -0.25) is 0 Å². The largest absolute Gasteiger partial charge is 0.460 e. The van der Waals surface area contributed by atoms with Gasteiger partial charge in [0.25, 0.3) is 5.82 Å². The van der Waals surface area contributed by atoms with Crippen molar-refractivity contribution in [3.63, 3.8) is 0 Å². The molecular weight excluding hydrogens is 398 g/mol. The van der Waals surface area contributed by atoms with Crippen molar-refractivity contribution in [1.82, 2.24) is 14.8 Å². The number of rotatable bonds is 10. The Morgan fingerprint density at radius 2 is 2.04 bits per heavy atom. The fourth-order valence-corrected chi connectivity index (χ4v) is 2.89. The van der Waals surface area contributed by atoms with Crippen molar-refractivity contribution in [3.05, 3.63) is 45.4 Å². The Labute approximate surface area is 163 Å². The van der Waals surface area contributed by atoms with Crippen LogP contribution in [0.2, 0.25) is 0 Å². The van der Waals surface area contributed by atoms with E-state index in [1.807, 2.05) is 19.1 Å². The molecule has 1 aromatic carbocycles. The summed E-state index contributed by atoms with van der Waals surface area (Å²) in [5, 5.41) is 4.38. The molecule has 0 unspecified atom stereocenters. The number of esters is 1. The van der Waals surface area contributed by atoms with E-state index in [4.69, 9.17) is 9.47 Å². The van der Waals surface area contributed by atoms with Crippen molar-refractivity contribution < 1.29 is 14.3 Å². The molecular formula is C19H26BrN3O3. The molecule has 0 aliphatic carbocycles. The van der Waals surface area contributed by atoms with Crippen molar-refractivity contribution in [3.8, 4) is 0 Å². The summed E-state index contributed by atoms with van der Waals surface area (Å²) in [5.41, 5.74) is 2.17. The molecule has 1 aromatic heterocycles. The van der Waals surface area contributed by atoms with Gasteiger partial charge >= 0.3 is 5.97 Å². The van der Waals surface area contributed by atoms with Crippen LogP contribution in [0.4, 0.5) is 0 Å². The van der Waals surface area contributed by atoms with E-state index in [1.165, 1.54) is 0 Å². The molecule has 2 aromatic rings. The minimum Gasteiger partial charge on any atom is -0.460 e. The third-order valence-corrected chi connectivity index (χ3v) is 4.64. The highest BCUT2D eigenvalue weighted by Gasteiger charge is 2.17. The van der Waals surface area contributed by atoms with Gasteiger partial charge in [-0.15, -0.1) is 5.10 Å². The average Bonchev–Trinajstić information content (AvgIpc) is 3.03. The minimum absolute atomic E-state index is 0.129. The van der Waals surface area contributed by atoms with Crippen molar-refractivity contribution >= 4 is 21.9 Å². The molecule has 0 atom stereocenters. The number of carbonyl (C=O) groups excluding carboxylic acids is 1. The van der Waals surface area contributed by atoms with Crippen LogP contribution in [0, 0.1) is 0 Å². The lowest BCUT2D eigenvalue weighted by atomic mass is 10.1. The third kappa shape index (κ3) is 5.64. The van der Waals surface area contributed by atoms with Gasteiger partial charge in [0, 0.05) is 17.5 Å². The van der Waals surface area contributed by atoms with E-state index in [2.05, 4.69) is 39.0 Å². The molecule has 0 aliphatic rings. The van der Waals surface area contributed by atoms with Crippen molar-refractivity contribution in [2.75, 3.05) is 13.2 Å². The van der Waals surface area contributed by atoms with Gasteiger partial charge in [-0.05, 0) is 37.5 Å². The predicted molar refractivity (Wildman–Crippen MR) is 103 cm³/mol. The lowest BCUT2D eigenvalue weighted by molar-refractivity contribution is 0.0511. The van der Waals surface area contributed by atoms with Crippen LogP contribution in [0.5, 0.6) is 0 Å². The number of hydrogen-bond acceptors (Lipinski definition) is 5. The lowest BCUT2D eigenvalue weighted by Gasteiger charge is -2.10. The molecule has 1 heterocycles. The first-order valence-electron chi connectivity index (χ1n) is 9.04. The summed E-state index contributed by atoms with van der Waals surface area (Å²) in [5.74, 6) is 0.464. The Hall–Kier alpha value is -1.73. The van der Waals surface area contributed by atoms with Crippen LogP contribution in [0.25, 0.3) is 0 Å². The molecule has 2 rings (SSSR count). The number of aromatic nitrogens is 3. The zero-order valence-corrected chi connectivity index (χ0v) is 17.2. The zero-order valence-electron chi connectivity index (χ0n) is 15.6. The molecule has 0 N–H and O–H groups in total. The number of carbonyl (C=O) groups is 1. The van der Waals surface area contributed by atoms with Crippen LogP contribution in [-0.2, 0) is 29.0 Å². The van der Waals surface area contributed by atoms with Crippen molar-refractivity contribution in [1.29, 1.82) is 0 Å². The molecule has 0 fully saturated rings. The van der Waals surface area contributed by atoms with Gasteiger partial charge in [-0.2, -0.15) is 0 Å². The molecule has 0 radical (unpaired) electrons. The van der Waals surface area contributed by atoms with Gasteiger partial charge in [0.2, 0.25) is 0 Å². The standard InChI is InChI=1S/C19H26BrN3O3/c1-4-7-8-17-21-18(19(24)26-6-3)22-23(17)12-14-9-10-16(20)15(11-14)13-25-5-2/h9-11H,4-8,12-13H2,1-3H3. The number of nitrogens with zero attached hydrogens (tertiary/aromatic N) is 3. The first kappa shape index (κ1) is 20.6. The number of ether oxygens (including phenoxy) is 2. The first-order valence-corrected chi connectivity index (χ1v) is 9.84. The number of hydrogen-bond donors (Lipinski definition) is 0. The normalized spacial score (nSPS) is 10.9. The molecule has 26 heavy (non-hydrogen) atoms. The van der Waals surface area contributed by atoms with Crippen LogP contribution in [-0.4, -0.2) is 33.9 Å². The van der Waals surface area contributed by atoms with E-state index in [-0.39, 0.29) is 5.82 Å². The van der Waals surface area contributed by atoms with Crippen LogP contribution < -0.4 is 0 Å². The lowest BCUT2D eigenvalue weighted by Crippen LogP contribution is -2.09. The Bertz CT molecular complexity index is 731.